The molecule has 2 N–H and O–H groups in total. The Balaban J connectivity index is 1.88. The minimum atomic E-state index is -0.372. The molecule has 0 atom stereocenters. The Kier molecular flexibility index (Phi) is 5.72. The fourth-order valence-electron chi connectivity index (χ4n) is 2.64. The van der Waals surface area contributed by atoms with Crippen molar-refractivity contribution in [2.24, 2.45) is 0 Å². The predicted molar refractivity (Wildman–Crippen MR) is 109 cm³/mol. The van der Waals surface area contributed by atoms with E-state index >= 15 is 0 Å². The second kappa shape index (κ2) is 8.37. The molecule has 1 heterocycles. The van der Waals surface area contributed by atoms with E-state index in [4.69, 9.17) is 4.74 Å². The Labute approximate surface area is 166 Å². The number of thiophene rings is 1. The summed E-state index contributed by atoms with van der Waals surface area (Å²) in [7, 11) is 1.52. The quantitative estimate of drug-likeness (QED) is 0.673. The summed E-state index contributed by atoms with van der Waals surface area (Å²) in [6, 6.07) is 17.8. The van der Waals surface area contributed by atoms with Crippen LogP contribution in [-0.4, -0.2) is 18.9 Å². The van der Waals surface area contributed by atoms with E-state index in [1.165, 1.54) is 7.11 Å². The van der Waals surface area contributed by atoms with E-state index in [9.17, 15) is 14.9 Å². The third-order valence-corrected chi connectivity index (χ3v) is 5.29. The van der Waals surface area contributed by atoms with Crippen LogP contribution in [0.25, 0.3) is 0 Å². The molecule has 0 radical (unpaired) electrons. The number of nitrogens with zero attached hydrogens (tertiary/aromatic N) is 1. The van der Waals surface area contributed by atoms with Gasteiger partial charge in [0, 0.05) is 5.56 Å². The van der Waals surface area contributed by atoms with Gasteiger partial charge in [-0.3, -0.25) is 9.59 Å². The summed E-state index contributed by atoms with van der Waals surface area (Å²) in [5.74, 6) is -0.179. The molecule has 0 fully saturated rings. The highest BCUT2D eigenvalue weighted by atomic mass is 32.1. The number of para-hydroxylation sites is 2. The van der Waals surface area contributed by atoms with E-state index in [0.717, 1.165) is 11.3 Å². The van der Waals surface area contributed by atoms with Crippen LogP contribution in [0.3, 0.4) is 0 Å². The Morgan fingerprint density at radius 2 is 1.68 bits per heavy atom. The van der Waals surface area contributed by atoms with Crippen LogP contribution in [-0.2, 0) is 0 Å². The van der Waals surface area contributed by atoms with Crippen molar-refractivity contribution in [3.05, 3.63) is 76.2 Å². The Bertz CT molecular complexity index is 1070. The van der Waals surface area contributed by atoms with Crippen molar-refractivity contribution in [1.29, 1.82) is 5.26 Å². The van der Waals surface area contributed by atoms with Gasteiger partial charge in [-0.1, -0.05) is 30.3 Å². The summed E-state index contributed by atoms with van der Waals surface area (Å²) in [6.07, 6.45) is 0. The summed E-state index contributed by atoms with van der Waals surface area (Å²) >= 11 is 1.07. The van der Waals surface area contributed by atoms with E-state index in [2.05, 4.69) is 16.7 Å². The van der Waals surface area contributed by atoms with Crippen molar-refractivity contribution < 1.29 is 14.3 Å². The van der Waals surface area contributed by atoms with Crippen LogP contribution in [0, 0.1) is 18.3 Å². The monoisotopic (exact) mass is 391 g/mol. The van der Waals surface area contributed by atoms with Gasteiger partial charge in [0.1, 0.15) is 16.8 Å². The lowest BCUT2D eigenvalue weighted by Gasteiger charge is -2.09. The van der Waals surface area contributed by atoms with Gasteiger partial charge in [0.05, 0.1) is 23.2 Å². The Morgan fingerprint density at radius 1 is 1.00 bits per heavy atom. The summed E-state index contributed by atoms with van der Waals surface area (Å²) in [5, 5.41) is 15.4. The lowest BCUT2D eigenvalue weighted by atomic mass is 10.1. The van der Waals surface area contributed by atoms with Crippen LogP contribution in [0.4, 0.5) is 10.7 Å². The number of methoxy groups -OCH3 is 1. The average molecular weight is 391 g/mol. The molecule has 2 aromatic carbocycles. The largest absolute Gasteiger partial charge is 0.495 e. The maximum Gasteiger partial charge on any atom is 0.266 e. The minimum Gasteiger partial charge on any atom is -0.495 e. The first kappa shape index (κ1) is 19.1. The van der Waals surface area contributed by atoms with Crippen LogP contribution in [0.5, 0.6) is 5.75 Å². The molecule has 0 unspecified atom stereocenters. The fourth-order valence-corrected chi connectivity index (χ4v) is 3.69. The van der Waals surface area contributed by atoms with Gasteiger partial charge in [-0.25, -0.2) is 0 Å². The molecule has 3 rings (SSSR count). The first-order chi connectivity index (χ1) is 13.5. The second-order valence-electron chi connectivity index (χ2n) is 5.85. The van der Waals surface area contributed by atoms with Crippen LogP contribution >= 0.6 is 11.3 Å². The van der Waals surface area contributed by atoms with Crippen molar-refractivity contribution in [1.82, 2.24) is 0 Å². The number of hydrogen-bond acceptors (Lipinski definition) is 5. The zero-order chi connectivity index (χ0) is 20.1. The molecule has 0 aliphatic heterocycles. The summed E-state index contributed by atoms with van der Waals surface area (Å²) in [6.45, 7) is 1.68. The first-order valence-corrected chi connectivity index (χ1v) is 9.21. The fraction of sp³-hybridized carbons (Fsp3) is 0.0952. The zero-order valence-corrected chi connectivity index (χ0v) is 16.1. The third-order valence-electron chi connectivity index (χ3n) is 4.08. The summed E-state index contributed by atoms with van der Waals surface area (Å²) in [4.78, 5) is 25.5. The van der Waals surface area contributed by atoms with Crippen LogP contribution in [0.2, 0.25) is 0 Å². The van der Waals surface area contributed by atoms with Gasteiger partial charge < -0.3 is 15.4 Å². The highest BCUT2D eigenvalue weighted by Crippen LogP contribution is 2.34. The van der Waals surface area contributed by atoms with Gasteiger partial charge in [-0.05, 0) is 36.8 Å². The number of carbonyl (C=O) groups is 2. The molecule has 0 aliphatic carbocycles. The number of amides is 2. The third kappa shape index (κ3) is 3.87. The molecular weight excluding hydrogens is 374 g/mol. The average Bonchev–Trinajstić information content (AvgIpc) is 3.04. The Hall–Kier alpha value is -3.63. The van der Waals surface area contributed by atoms with E-state index < -0.39 is 0 Å². The number of ether oxygens (including phenoxy) is 1. The maximum absolute atomic E-state index is 12.8. The number of hydrogen-bond donors (Lipinski definition) is 2. The molecule has 0 bridgehead atoms. The normalized spacial score (nSPS) is 10.0. The van der Waals surface area contributed by atoms with Crippen molar-refractivity contribution in [2.45, 2.75) is 6.92 Å². The zero-order valence-electron chi connectivity index (χ0n) is 15.3. The van der Waals surface area contributed by atoms with Gasteiger partial charge in [0.25, 0.3) is 11.8 Å². The molecule has 0 saturated carbocycles. The van der Waals surface area contributed by atoms with E-state index in [0.29, 0.717) is 32.4 Å². The van der Waals surface area contributed by atoms with E-state index in [1.54, 1.807) is 55.5 Å². The van der Waals surface area contributed by atoms with E-state index in [1.807, 2.05) is 6.07 Å². The summed E-state index contributed by atoms with van der Waals surface area (Å²) in [5.41, 5.74) is 1.79. The number of benzene rings is 2. The molecule has 7 heteroatoms. The van der Waals surface area contributed by atoms with Crippen LogP contribution in [0.1, 0.15) is 31.2 Å². The van der Waals surface area contributed by atoms with Gasteiger partial charge in [-0.15, -0.1) is 11.3 Å². The second-order valence-corrected chi connectivity index (χ2v) is 6.87. The topological polar surface area (TPSA) is 91.2 Å². The van der Waals surface area contributed by atoms with Gasteiger partial charge in [0.15, 0.2) is 0 Å². The molecule has 6 nitrogen and oxygen atoms in total. The number of rotatable bonds is 5. The molecule has 2 amide bonds. The molecule has 28 heavy (non-hydrogen) atoms. The summed E-state index contributed by atoms with van der Waals surface area (Å²) < 4.78 is 5.24. The lowest BCUT2D eigenvalue weighted by molar-refractivity contribution is 0.102. The maximum atomic E-state index is 12.8. The smallest absolute Gasteiger partial charge is 0.266 e. The highest BCUT2D eigenvalue weighted by Gasteiger charge is 2.22. The van der Waals surface area contributed by atoms with Gasteiger partial charge in [0.2, 0.25) is 0 Å². The van der Waals surface area contributed by atoms with Crippen molar-refractivity contribution in [3.8, 4) is 11.8 Å². The van der Waals surface area contributed by atoms with Crippen molar-refractivity contribution >= 4 is 33.8 Å². The van der Waals surface area contributed by atoms with E-state index in [-0.39, 0.29) is 17.4 Å². The van der Waals surface area contributed by atoms with Gasteiger partial charge in [-0.2, -0.15) is 5.26 Å². The lowest BCUT2D eigenvalue weighted by Crippen LogP contribution is -2.12. The van der Waals surface area contributed by atoms with Crippen molar-refractivity contribution in [3.63, 3.8) is 0 Å². The predicted octanol–water partition coefficient (Wildman–Crippen LogP) is 4.44. The van der Waals surface area contributed by atoms with Gasteiger partial charge >= 0.3 is 0 Å². The standard InChI is InChI=1S/C21H17N3O3S/c1-13-15(12-22)21(24-19(25)14-8-4-3-5-9-14)28-18(13)20(26)23-16-10-6-7-11-17(16)27-2/h3-11H,1-2H3,(H,23,26)(H,24,25). The Morgan fingerprint density at radius 3 is 2.36 bits per heavy atom. The van der Waals surface area contributed by atoms with Crippen molar-refractivity contribution in [2.75, 3.05) is 17.7 Å². The highest BCUT2D eigenvalue weighted by molar-refractivity contribution is 7.18. The number of carbonyl (C=O) groups excluding carboxylic acids is 2. The molecule has 0 spiro atoms. The molecule has 1 aromatic heterocycles. The molecule has 0 saturated heterocycles. The van der Waals surface area contributed by atoms with Crippen LogP contribution < -0.4 is 15.4 Å². The SMILES string of the molecule is COc1ccccc1NC(=O)c1sc(NC(=O)c2ccccc2)c(C#N)c1C. The molecule has 140 valence electrons. The first-order valence-electron chi connectivity index (χ1n) is 8.39. The molecule has 0 aliphatic rings. The number of anilines is 2. The number of nitrogens with one attached hydrogen (secondary N) is 2. The van der Waals surface area contributed by atoms with Crippen LogP contribution in [0.15, 0.2) is 54.6 Å². The minimum absolute atomic E-state index is 0.277. The molecular formula is C21H17N3O3S. The number of nitriles is 1. The molecule has 3 aromatic rings.